The van der Waals surface area contributed by atoms with Crippen LogP contribution in [0.1, 0.15) is 11.1 Å². The van der Waals surface area contributed by atoms with Crippen molar-refractivity contribution in [3.63, 3.8) is 0 Å². The number of nitrogens with two attached hydrogens (primary N) is 1. The average molecular weight is 520 g/mol. The first-order valence-corrected chi connectivity index (χ1v) is 11.0. The third-order valence-corrected chi connectivity index (χ3v) is 5.53. The maximum Gasteiger partial charge on any atom is 0.221 e. The lowest BCUT2D eigenvalue weighted by Gasteiger charge is -2.26. The van der Waals surface area contributed by atoms with Gasteiger partial charge in [0.15, 0.2) is 0 Å². The highest BCUT2D eigenvalue weighted by Gasteiger charge is 2.16. The Morgan fingerprint density at radius 2 is 1.97 bits per heavy atom. The second-order valence-corrected chi connectivity index (χ2v) is 8.30. The van der Waals surface area contributed by atoms with Gasteiger partial charge in [-0.25, -0.2) is 9.97 Å². The number of nitrogen functional groups attached to an aromatic ring is 1. The van der Waals surface area contributed by atoms with Crippen LogP contribution in [0.3, 0.4) is 0 Å². The minimum absolute atomic E-state index is 0.250. The zero-order valence-corrected chi connectivity index (χ0v) is 19.1. The normalized spacial score (nSPS) is 14.7. The van der Waals surface area contributed by atoms with Crippen LogP contribution in [-0.4, -0.2) is 64.1 Å². The van der Waals surface area contributed by atoms with Gasteiger partial charge in [0, 0.05) is 44.9 Å². The van der Waals surface area contributed by atoms with Gasteiger partial charge in [-0.15, -0.1) is 0 Å². The van der Waals surface area contributed by atoms with Gasteiger partial charge in [0.25, 0.3) is 0 Å². The van der Waals surface area contributed by atoms with Gasteiger partial charge >= 0.3 is 0 Å². The molecule has 0 radical (unpaired) electrons. The number of morpholine rings is 1. The number of hydrogen-bond donors (Lipinski definition) is 1. The number of hydrogen-bond acceptors (Lipinski definition) is 7. The Hall–Kier alpha value is -2.24. The topological polar surface area (TPSA) is 91.3 Å². The molecule has 1 aromatic carbocycles. The van der Waals surface area contributed by atoms with E-state index in [0.29, 0.717) is 13.0 Å². The first-order chi connectivity index (χ1) is 14.6. The number of rotatable bonds is 7. The molecule has 0 atom stereocenters. The molecule has 4 rings (SSSR count). The summed E-state index contributed by atoms with van der Waals surface area (Å²) in [5.41, 5.74) is 9.58. The van der Waals surface area contributed by atoms with Crippen LogP contribution in [0, 0.1) is 3.70 Å². The van der Waals surface area contributed by atoms with Crippen molar-refractivity contribution in [3.8, 4) is 17.1 Å². The molecular weight excluding hydrogens is 495 g/mol. The van der Waals surface area contributed by atoms with Crippen molar-refractivity contribution in [1.29, 1.82) is 0 Å². The van der Waals surface area contributed by atoms with Crippen molar-refractivity contribution in [3.05, 3.63) is 51.4 Å². The molecule has 3 heterocycles. The van der Waals surface area contributed by atoms with Gasteiger partial charge in [0.1, 0.15) is 21.8 Å². The third-order valence-electron chi connectivity index (χ3n) is 4.98. The smallest absolute Gasteiger partial charge is 0.221 e. The molecule has 3 aromatic rings. The molecule has 0 aliphatic carbocycles. The lowest BCUT2D eigenvalue weighted by molar-refractivity contribution is 0.0322. The van der Waals surface area contributed by atoms with E-state index in [-0.39, 0.29) is 5.95 Å². The Morgan fingerprint density at radius 3 is 2.77 bits per heavy atom. The fourth-order valence-electron chi connectivity index (χ4n) is 3.54. The highest BCUT2D eigenvalue weighted by molar-refractivity contribution is 14.1. The Morgan fingerprint density at radius 1 is 1.17 bits per heavy atom. The molecule has 0 amide bonds. The van der Waals surface area contributed by atoms with Crippen LogP contribution < -0.4 is 10.5 Å². The number of anilines is 1. The number of para-hydroxylation sites is 1. The summed E-state index contributed by atoms with van der Waals surface area (Å²) in [7, 11) is 1.91. The van der Waals surface area contributed by atoms with Crippen LogP contribution in [0.15, 0.2) is 36.5 Å². The maximum atomic E-state index is 6.15. The van der Waals surface area contributed by atoms with Crippen LogP contribution in [0.25, 0.3) is 11.4 Å². The monoisotopic (exact) mass is 520 g/mol. The van der Waals surface area contributed by atoms with Crippen LogP contribution >= 0.6 is 22.6 Å². The van der Waals surface area contributed by atoms with Crippen molar-refractivity contribution < 1.29 is 9.47 Å². The molecule has 1 saturated heterocycles. The van der Waals surface area contributed by atoms with Gasteiger partial charge in [0.05, 0.1) is 18.9 Å². The zero-order valence-electron chi connectivity index (χ0n) is 16.9. The zero-order chi connectivity index (χ0) is 20.9. The van der Waals surface area contributed by atoms with Crippen molar-refractivity contribution in [2.24, 2.45) is 7.05 Å². The summed E-state index contributed by atoms with van der Waals surface area (Å²) in [6.07, 6.45) is 2.71. The van der Waals surface area contributed by atoms with E-state index in [1.54, 1.807) is 4.68 Å². The Bertz CT molecular complexity index is 983. The second kappa shape index (κ2) is 9.71. The van der Waals surface area contributed by atoms with Crippen molar-refractivity contribution in [2.75, 3.05) is 45.2 Å². The van der Waals surface area contributed by atoms with Crippen LogP contribution in [0.4, 0.5) is 5.95 Å². The number of ether oxygens (including phenoxy) is 2. The van der Waals surface area contributed by atoms with Gasteiger partial charge in [-0.1, -0.05) is 18.2 Å². The second-order valence-electron chi connectivity index (χ2n) is 7.20. The standard InChI is InChI=1S/C21H25IN6O2/c1-27-14-16(20(26-27)17-13-19(22)25-21(23)24-17)12-15-4-2-3-5-18(15)30-11-8-28-6-9-29-10-7-28/h2-5,13-14H,6-12H2,1H3,(H2,23,24,25). The fourth-order valence-corrected chi connectivity index (χ4v) is 4.09. The fraction of sp³-hybridized carbons (Fsp3) is 0.381. The molecule has 9 heteroatoms. The molecule has 0 spiro atoms. The highest BCUT2D eigenvalue weighted by atomic mass is 127. The van der Waals surface area contributed by atoms with Crippen molar-refractivity contribution in [2.45, 2.75) is 6.42 Å². The number of halogens is 1. The Balaban J connectivity index is 1.51. The van der Waals surface area contributed by atoms with E-state index in [1.165, 1.54) is 0 Å². The molecule has 8 nitrogen and oxygen atoms in total. The van der Waals surface area contributed by atoms with Gasteiger partial charge < -0.3 is 15.2 Å². The number of nitrogens with zero attached hydrogens (tertiary/aromatic N) is 5. The summed E-state index contributed by atoms with van der Waals surface area (Å²) < 4.78 is 14.1. The maximum absolute atomic E-state index is 6.15. The van der Waals surface area contributed by atoms with Gasteiger partial charge in [-0.05, 0) is 40.3 Å². The largest absolute Gasteiger partial charge is 0.492 e. The SMILES string of the molecule is Cn1cc(Cc2ccccc2OCCN2CCOCC2)c(-c2cc(I)nc(N)n2)n1. The predicted molar refractivity (Wildman–Crippen MR) is 123 cm³/mol. The molecule has 30 heavy (non-hydrogen) atoms. The van der Waals surface area contributed by atoms with Crippen LogP contribution in [-0.2, 0) is 18.2 Å². The number of aromatic nitrogens is 4. The molecule has 0 saturated carbocycles. The first-order valence-electron chi connectivity index (χ1n) is 9.92. The number of benzene rings is 1. The summed E-state index contributed by atoms with van der Waals surface area (Å²) in [4.78, 5) is 10.9. The molecule has 1 aliphatic heterocycles. The summed E-state index contributed by atoms with van der Waals surface area (Å²) in [6.45, 7) is 5.07. The molecule has 1 fully saturated rings. The Kier molecular flexibility index (Phi) is 6.80. The van der Waals surface area contributed by atoms with Crippen molar-refractivity contribution in [1.82, 2.24) is 24.6 Å². The molecule has 158 valence electrons. The summed E-state index contributed by atoms with van der Waals surface area (Å²) in [6, 6.07) is 10.1. The number of aryl methyl sites for hydroxylation is 1. The summed E-state index contributed by atoms with van der Waals surface area (Å²) in [5, 5.41) is 4.62. The molecule has 2 N–H and O–H groups in total. The third kappa shape index (κ3) is 5.27. The van der Waals surface area contributed by atoms with E-state index >= 15 is 0 Å². The van der Waals surface area contributed by atoms with Gasteiger partial charge in [-0.2, -0.15) is 5.10 Å². The highest BCUT2D eigenvalue weighted by Crippen LogP contribution is 2.27. The van der Waals surface area contributed by atoms with Crippen LogP contribution in [0.5, 0.6) is 5.75 Å². The Labute approximate surface area is 189 Å². The van der Waals surface area contributed by atoms with E-state index in [9.17, 15) is 0 Å². The summed E-state index contributed by atoms with van der Waals surface area (Å²) >= 11 is 2.14. The van der Waals surface area contributed by atoms with Crippen molar-refractivity contribution >= 4 is 28.5 Å². The molecular formula is C21H25IN6O2. The van der Waals surface area contributed by atoms with E-state index in [0.717, 1.165) is 64.8 Å². The minimum Gasteiger partial charge on any atom is -0.492 e. The van der Waals surface area contributed by atoms with E-state index < -0.39 is 0 Å². The average Bonchev–Trinajstić information content (AvgIpc) is 3.09. The molecule has 1 aliphatic rings. The minimum atomic E-state index is 0.250. The van der Waals surface area contributed by atoms with E-state index in [4.69, 9.17) is 15.2 Å². The van der Waals surface area contributed by atoms with E-state index in [2.05, 4.69) is 48.6 Å². The predicted octanol–water partition coefficient (Wildman–Crippen LogP) is 2.37. The van der Waals surface area contributed by atoms with Gasteiger partial charge in [-0.3, -0.25) is 9.58 Å². The lowest BCUT2D eigenvalue weighted by atomic mass is 10.0. The lowest BCUT2D eigenvalue weighted by Crippen LogP contribution is -2.38. The van der Waals surface area contributed by atoms with Crippen LogP contribution in [0.2, 0.25) is 0 Å². The molecule has 0 unspecified atom stereocenters. The van der Waals surface area contributed by atoms with Gasteiger partial charge in [0.2, 0.25) is 5.95 Å². The molecule has 2 aromatic heterocycles. The van der Waals surface area contributed by atoms with E-state index in [1.807, 2.05) is 37.5 Å². The quantitative estimate of drug-likeness (QED) is 0.378. The summed E-state index contributed by atoms with van der Waals surface area (Å²) in [5.74, 6) is 1.15. The first kappa shape index (κ1) is 21.0. The molecule has 0 bridgehead atoms.